The summed E-state index contributed by atoms with van der Waals surface area (Å²) in [6.45, 7) is 5.25. The van der Waals surface area contributed by atoms with Crippen LogP contribution in [0.3, 0.4) is 0 Å². The van der Waals surface area contributed by atoms with Gasteiger partial charge in [-0.1, -0.05) is 0 Å². The molecular formula is C20H29F3N2O4. The Morgan fingerprint density at radius 1 is 1.17 bits per heavy atom. The average Bonchev–Trinajstić information content (AvgIpc) is 2.59. The third-order valence-electron chi connectivity index (χ3n) is 4.64. The van der Waals surface area contributed by atoms with Crippen LogP contribution in [0.5, 0.6) is 11.5 Å². The molecule has 6 nitrogen and oxygen atoms in total. The molecule has 0 aliphatic carbocycles. The second-order valence-corrected chi connectivity index (χ2v) is 8.09. The second-order valence-electron chi connectivity index (χ2n) is 8.09. The van der Waals surface area contributed by atoms with E-state index in [1.54, 1.807) is 39.0 Å². The molecule has 0 spiro atoms. The molecule has 1 fully saturated rings. The van der Waals surface area contributed by atoms with Crippen molar-refractivity contribution in [1.82, 2.24) is 10.2 Å². The standard InChI is InChI=1S/C20H29F3N2O4/c1-19(2,3)29-18(26)24-14-6-9-17(20(21,22)23)25(12-14)11-13-10-15(27-4)7-8-16(13)28-5/h7-8,10,14,17H,6,9,11-12H2,1-5H3,(H,24,26)/t14-,17+/m1/s1. The monoisotopic (exact) mass is 418 g/mol. The Hall–Kier alpha value is -2.16. The summed E-state index contributed by atoms with van der Waals surface area (Å²) in [4.78, 5) is 13.4. The molecule has 2 rings (SSSR count). The number of carbonyl (C=O) groups is 1. The van der Waals surface area contributed by atoms with Gasteiger partial charge in [0.15, 0.2) is 0 Å². The summed E-state index contributed by atoms with van der Waals surface area (Å²) in [6.07, 6.45) is -4.90. The summed E-state index contributed by atoms with van der Waals surface area (Å²) in [7, 11) is 2.96. The molecule has 1 aromatic carbocycles. The van der Waals surface area contributed by atoms with Gasteiger partial charge in [0.05, 0.1) is 14.2 Å². The number of likely N-dealkylation sites (tertiary alicyclic amines) is 1. The first kappa shape index (κ1) is 23.1. The number of benzene rings is 1. The van der Waals surface area contributed by atoms with Gasteiger partial charge in [0, 0.05) is 24.7 Å². The van der Waals surface area contributed by atoms with E-state index in [1.807, 2.05) is 0 Å². The molecule has 29 heavy (non-hydrogen) atoms. The fourth-order valence-corrected chi connectivity index (χ4v) is 3.40. The number of rotatable bonds is 5. The van der Waals surface area contributed by atoms with Crippen LogP contribution in [0.2, 0.25) is 0 Å². The molecule has 1 aromatic rings. The van der Waals surface area contributed by atoms with E-state index in [9.17, 15) is 18.0 Å². The van der Waals surface area contributed by atoms with Crippen molar-refractivity contribution in [2.24, 2.45) is 0 Å². The van der Waals surface area contributed by atoms with Gasteiger partial charge in [-0.3, -0.25) is 4.90 Å². The summed E-state index contributed by atoms with van der Waals surface area (Å²) in [5.41, 5.74) is -0.0972. The van der Waals surface area contributed by atoms with Crippen LogP contribution in [0.1, 0.15) is 39.2 Å². The zero-order chi connectivity index (χ0) is 21.8. The quantitative estimate of drug-likeness (QED) is 0.779. The Bertz CT molecular complexity index is 704. The highest BCUT2D eigenvalue weighted by atomic mass is 19.4. The number of nitrogens with zero attached hydrogens (tertiary/aromatic N) is 1. The van der Waals surface area contributed by atoms with Crippen LogP contribution in [0.4, 0.5) is 18.0 Å². The molecule has 1 aliphatic rings. The highest BCUT2D eigenvalue weighted by Crippen LogP contribution is 2.35. The highest BCUT2D eigenvalue weighted by molar-refractivity contribution is 5.68. The van der Waals surface area contributed by atoms with Crippen LogP contribution in [-0.4, -0.2) is 55.6 Å². The lowest BCUT2D eigenvalue weighted by atomic mass is 9.96. The lowest BCUT2D eigenvalue weighted by molar-refractivity contribution is -0.194. The molecule has 164 valence electrons. The van der Waals surface area contributed by atoms with Gasteiger partial charge < -0.3 is 19.5 Å². The minimum Gasteiger partial charge on any atom is -0.497 e. The van der Waals surface area contributed by atoms with Crippen LogP contribution in [0.15, 0.2) is 18.2 Å². The molecule has 1 saturated heterocycles. The van der Waals surface area contributed by atoms with Crippen molar-refractivity contribution >= 4 is 6.09 Å². The van der Waals surface area contributed by atoms with E-state index in [-0.39, 0.29) is 25.9 Å². The highest BCUT2D eigenvalue weighted by Gasteiger charge is 2.46. The molecule has 0 bridgehead atoms. The number of alkyl carbamates (subject to hydrolysis) is 1. The Kier molecular flexibility index (Phi) is 7.26. The van der Waals surface area contributed by atoms with E-state index < -0.39 is 30.0 Å². The van der Waals surface area contributed by atoms with Gasteiger partial charge in [-0.05, 0) is 51.8 Å². The number of alkyl halides is 3. The van der Waals surface area contributed by atoms with Crippen molar-refractivity contribution < 1.29 is 32.2 Å². The summed E-state index contributed by atoms with van der Waals surface area (Å²) >= 11 is 0. The van der Waals surface area contributed by atoms with Gasteiger partial charge >= 0.3 is 12.3 Å². The number of ether oxygens (including phenoxy) is 3. The number of piperidine rings is 1. The maximum absolute atomic E-state index is 13.6. The first-order valence-electron chi connectivity index (χ1n) is 9.44. The summed E-state index contributed by atoms with van der Waals surface area (Å²) in [6, 6.07) is 2.97. The maximum atomic E-state index is 13.6. The van der Waals surface area contributed by atoms with Crippen molar-refractivity contribution in [3.63, 3.8) is 0 Å². The van der Waals surface area contributed by atoms with E-state index in [1.165, 1.54) is 19.1 Å². The topological polar surface area (TPSA) is 60.0 Å². The molecule has 1 aliphatic heterocycles. The number of nitrogens with one attached hydrogen (secondary N) is 1. The smallest absolute Gasteiger partial charge is 0.407 e. The van der Waals surface area contributed by atoms with Gasteiger partial charge in [0.25, 0.3) is 0 Å². The Balaban J connectivity index is 2.19. The molecule has 9 heteroatoms. The van der Waals surface area contributed by atoms with Crippen LogP contribution in [-0.2, 0) is 11.3 Å². The number of halogens is 3. The van der Waals surface area contributed by atoms with E-state index >= 15 is 0 Å². The molecular weight excluding hydrogens is 389 g/mol. The van der Waals surface area contributed by atoms with E-state index in [0.29, 0.717) is 17.1 Å². The molecule has 1 N–H and O–H groups in total. The van der Waals surface area contributed by atoms with Gasteiger partial charge in [-0.25, -0.2) is 4.79 Å². The zero-order valence-electron chi connectivity index (χ0n) is 17.4. The first-order chi connectivity index (χ1) is 13.4. The number of amides is 1. The minimum absolute atomic E-state index is 0.0110. The molecule has 0 aromatic heterocycles. The van der Waals surface area contributed by atoms with E-state index in [0.717, 1.165) is 0 Å². The van der Waals surface area contributed by atoms with Crippen molar-refractivity contribution in [1.29, 1.82) is 0 Å². The predicted molar refractivity (Wildman–Crippen MR) is 102 cm³/mol. The van der Waals surface area contributed by atoms with E-state index in [2.05, 4.69) is 5.32 Å². The van der Waals surface area contributed by atoms with Gasteiger partial charge in [-0.15, -0.1) is 0 Å². The third kappa shape index (κ3) is 6.69. The lowest BCUT2D eigenvalue weighted by Gasteiger charge is -2.40. The Morgan fingerprint density at radius 3 is 2.41 bits per heavy atom. The third-order valence-corrected chi connectivity index (χ3v) is 4.64. The van der Waals surface area contributed by atoms with Crippen molar-refractivity contribution in [2.75, 3.05) is 20.8 Å². The average molecular weight is 418 g/mol. The number of hydrogen-bond donors (Lipinski definition) is 1. The molecule has 0 unspecified atom stereocenters. The van der Waals surface area contributed by atoms with Crippen LogP contribution in [0, 0.1) is 0 Å². The number of carbonyl (C=O) groups excluding carboxylic acids is 1. The summed E-state index contributed by atoms with van der Waals surface area (Å²) < 4.78 is 56.6. The fourth-order valence-electron chi connectivity index (χ4n) is 3.40. The van der Waals surface area contributed by atoms with Crippen molar-refractivity contribution in [3.8, 4) is 11.5 Å². The minimum atomic E-state index is -4.37. The maximum Gasteiger partial charge on any atom is 0.407 e. The van der Waals surface area contributed by atoms with Crippen LogP contribution < -0.4 is 14.8 Å². The molecule has 2 atom stereocenters. The van der Waals surface area contributed by atoms with Gasteiger partial charge in [0.2, 0.25) is 0 Å². The normalized spacial score (nSPS) is 20.8. The lowest BCUT2D eigenvalue weighted by Crippen LogP contribution is -2.56. The second kappa shape index (κ2) is 9.11. The van der Waals surface area contributed by atoms with Crippen molar-refractivity contribution in [3.05, 3.63) is 23.8 Å². The summed E-state index contributed by atoms with van der Waals surface area (Å²) in [5.74, 6) is 1.01. The molecule has 0 radical (unpaired) electrons. The fraction of sp³-hybridized carbons (Fsp3) is 0.650. The van der Waals surface area contributed by atoms with Crippen molar-refractivity contribution in [2.45, 2.75) is 64.0 Å². The number of methoxy groups -OCH3 is 2. The molecule has 0 saturated carbocycles. The molecule has 1 amide bonds. The largest absolute Gasteiger partial charge is 0.497 e. The zero-order valence-corrected chi connectivity index (χ0v) is 17.4. The summed E-state index contributed by atoms with van der Waals surface area (Å²) in [5, 5.41) is 2.69. The van der Waals surface area contributed by atoms with E-state index in [4.69, 9.17) is 14.2 Å². The first-order valence-corrected chi connectivity index (χ1v) is 9.44. The molecule has 1 heterocycles. The Morgan fingerprint density at radius 2 is 1.86 bits per heavy atom. The Labute approximate surface area is 169 Å². The van der Waals surface area contributed by atoms with Gasteiger partial charge in [0.1, 0.15) is 23.1 Å². The predicted octanol–water partition coefficient (Wildman–Crippen LogP) is 4.12. The number of hydrogen-bond acceptors (Lipinski definition) is 5. The van der Waals surface area contributed by atoms with Gasteiger partial charge in [-0.2, -0.15) is 13.2 Å². The van der Waals surface area contributed by atoms with Crippen LogP contribution in [0.25, 0.3) is 0 Å². The SMILES string of the molecule is COc1ccc(OC)c(CN2C[C@H](NC(=O)OC(C)(C)C)CC[C@H]2C(F)(F)F)c1. The van der Waals surface area contributed by atoms with Crippen LogP contribution >= 0.6 is 0 Å².